The Morgan fingerprint density at radius 1 is 1.25 bits per heavy atom. The van der Waals surface area contributed by atoms with Gasteiger partial charge in [0.25, 0.3) is 0 Å². The van der Waals surface area contributed by atoms with Crippen molar-refractivity contribution >= 4 is 28.7 Å². The van der Waals surface area contributed by atoms with Gasteiger partial charge in [0.05, 0.1) is 0 Å². The Morgan fingerprint density at radius 3 is 2.19 bits per heavy atom. The zero-order valence-corrected chi connectivity index (χ0v) is 12.4. The van der Waals surface area contributed by atoms with Crippen molar-refractivity contribution in [3.05, 3.63) is 0 Å². The van der Waals surface area contributed by atoms with Crippen molar-refractivity contribution < 1.29 is 9.53 Å². The molecule has 16 heavy (non-hydrogen) atoms. The highest BCUT2D eigenvalue weighted by atomic mass is 127. The number of carbonyl (C=O) groups is 1. The first-order valence-electron chi connectivity index (χ1n) is 6.02. The van der Waals surface area contributed by atoms with E-state index in [9.17, 15) is 4.79 Å². The van der Waals surface area contributed by atoms with Crippen LogP contribution in [0.25, 0.3) is 0 Å². The predicted molar refractivity (Wildman–Crippen MR) is 71.9 cm³/mol. The molecule has 2 rings (SSSR count). The van der Waals surface area contributed by atoms with Crippen LogP contribution in [0.2, 0.25) is 0 Å². The van der Waals surface area contributed by atoms with Crippen LogP contribution in [0.3, 0.4) is 0 Å². The smallest absolute Gasteiger partial charge is 0.410 e. The van der Waals surface area contributed by atoms with Gasteiger partial charge in [0.1, 0.15) is 5.60 Å². The minimum absolute atomic E-state index is 0.108. The van der Waals surface area contributed by atoms with Gasteiger partial charge in [0, 0.05) is 16.0 Å². The van der Waals surface area contributed by atoms with E-state index in [1.54, 1.807) is 0 Å². The summed E-state index contributed by atoms with van der Waals surface area (Å²) in [4.78, 5) is 14.1. The molecule has 1 amide bonds. The normalized spacial score (nSPS) is 34.0. The van der Waals surface area contributed by atoms with Gasteiger partial charge in [-0.05, 0) is 46.5 Å². The molecule has 0 aromatic carbocycles. The molecule has 2 aliphatic heterocycles. The molecule has 0 aromatic rings. The Labute approximate surface area is 111 Å². The van der Waals surface area contributed by atoms with E-state index in [0.717, 1.165) is 29.6 Å². The number of carbonyl (C=O) groups excluding carboxylic acids is 1. The first-order chi connectivity index (χ1) is 7.37. The van der Waals surface area contributed by atoms with Gasteiger partial charge in [0.15, 0.2) is 0 Å². The number of rotatable bonds is 0. The lowest BCUT2D eigenvalue weighted by Crippen LogP contribution is -2.48. The molecule has 92 valence electrons. The van der Waals surface area contributed by atoms with Gasteiger partial charge in [-0.15, -0.1) is 0 Å². The summed E-state index contributed by atoms with van der Waals surface area (Å²) < 4.78 is 6.21. The lowest BCUT2D eigenvalue weighted by atomic mass is 10.0. The molecule has 0 spiro atoms. The van der Waals surface area contributed by atoms with Crippen LogP contribution >= 0.6 is 22.6 Å². The number of piperidine rings is 1. The summed E-state index contributed by atoms with van der Waals surface area (Å²) in [5.74, 6) is 0. The van der Waals surface area contributed by atoms with Crippen LogP contribution < -0.4 is 0 Å². The quantitative estimate of drug-likeness (QED) is 0.501. The topological polar surface area (TPSA) is 29.5 Å². The molecule has 2 saturated heterocycles. The molecule has 2 bridgehead atoms. The van der Waals surface area contributed by atoms with Crippen molar-refractivity contribution in [1.29, 1.82) is 0 Å². The summed E-state index contributed by atoms with van der Waals surface area (Å²) >= 11 is 2.51. The van der Waals surface area contributed by atoms with Gasteiger partial charge >= 0.3 is 6.09 Å². The van der Waals surface area contributed by atoms with Gasteiger partial charge in [-0.25, -0.2) is 4.79 Å². The third-order valence-electron chi connectivity index (χ3n) is 3.28. The molecule has 0 radical (unpaired) electrons. The van der Waals surface area contributed by atoms with E-state index in [1.165, 1.54) is 0 Å². The third kappa shape index (κ3) is 2.63. The molecule has 4 heteroatoms. The lowest BCUT2D eigenvalue weighted by Gasteiger charge is -2.37. The standard InChI is InChI=1S/C12H20INO2/c1-12(2,3)16-11(15)14-9-4-5-10(14)7-8(13)6-9/h8-10H,4-7H2,1-3H3/t8?,9-,10+. The van der Waals surface area contributed by atoms with Crippen LogP contribution in [0.15, 0.2) is 0 Å². The molecule has 2 aliphatic rings. The summed E-state index contributed by atoms with van der Waals surface area (Å²) in [5.41, 5.74) is -0.377. The maximum atomic E-state index is 12.1. The third-order valence-corrected chi connectivity index (χ3v) is 4.30. The Kier molecular flexibility index (Phi) is 3.39. The SMILES string of the molecule is CC(C)(C)OC(=O)N1[C@@H]2CC[C@H]1CC(I)C2. The summed E-state index contributed by atoms with van der Waals surface area (Å²) in [5, 5.41) is 0. The summed E-state index contributed by atoms with van der Waals surface area (Å²) in [6.45, 7) is 5.79. The number of hydrogen-bond donors (Lipinski definition) is 0. The van der Waals surface area contributed by atoms with Crippen LogP contribution in [-0.2, 0) is 4.74 Å². The fraction of sp³-hybridized carbons (Fsp3) is 0.917. The lowest BCUT2D eigenvalue weighted by molar-refractivity contribution is 0.00881. The summed E-state index contributed by atoms with van der Waals surface area (Å²) in [6, 6.07) is 0.853. The van der Waals surface area contributed by atoms with Gasteiger partial charge in [-0.3, -0.25) is 0 Å². The van der Waals surface area contributed by atoms with Gasteiger partial charge < -0.3 is 9.64 Å². The zero-order valence-electron chi connectivity index (χ0n) is 10.2. The van der Waals surface area contributed by atoms with Crippen molar-refractivity contribution in [2.24, 2.45) is 0 Å². The molecule has 1 unspecified atom stereocenters. The molecule has 0 N–H and O–H groups in total. The molecule has 0 aliphatic carbocycles. The molecular weight excluding hydrogens is 317 g/mol. The number of hydrogen-bond acceptors (Lipinski definition) is 2. The van der Waals surface area contributed by atoms with E-state index in [-0.39, 0.29) is 11.7 Å². The van der Waals surface area contributed by atoms with E-state index >= 15 is 0 Å². The predicted octanol–water partition coefficient (Wildman–Crippen LogP) is 3.35. The Balaban J connectivity index is 2.03. The summed E-state index contributed by atoms with van der Waals surface area (Å²) in [6.07, 6.45) is 4.47. The average molecular weight is 337 g/mol. The van der Waals surface area contributed by atoms with Gasteiger partial charge in [0.2, 0.25) is 0 Å². The van der Waals surface area contributed by atoms with Crippen LogP contribution in [0.4, 0.5) is 4.79 Å². The highest BCUT2D eigenvalue weighted by Crippen LogP contribution is 2.39. The maximum Gasteiger partial charge on any atom is 0.410 e. The second-order valence-electron chi connectivity index (χ2n) is 5.84. The number of ether oxygens (including phenoxy) is 1. The van der Waals surface area contributed by atoms with Crippen LogP contribution in [-0.4, -0.2) is 32.6 Å². The molecule has 0 aromatic heterocycles. The van der Waals surface area contributed by atoms with Crippen molar-refractivity contribution in [2.45, 2.75) is 68.1 Å². The van der Waals surface area contributed by atoms with Crippen molar-refractivity contribution in [3.8, 4) is 0 Å². The van der Waals surface area contributed by atoms with Crippen molar-refractivity contribution in [3.63, 3.8) is 0 Å². The highest BCUT2D eigenvalue weighted by molar-refractivity contribution is 14.1. The van der Waals surface area contributed by atoms with Crippen LogP contribution in [0, 0.1) is 0 Å². The van der Waals surface area contributed by atoms with Crippen LogP contribution in [0.1, 0.15) is 46.5 Å². The maximum absolute atomic E-state index is 12.1. The number of fused-ring (bicyclic) bond motifs is 2. The molecular formula is C12H20INO2. The van der Waals surface area contributed by atoms with Gasteiger partial charge in [-0.1, -0.05) is 22.6 Å². The minimum Gasteiger partial charge on any atom is -0.444 e. The first-order valence-corrected chi connectivity index (χ1v) is 7.27. The minimum atomic E-state index is -0.377. The zero-order chi connectivity index (χ0) is 11.9. The van der Waals surface area contributed by atoms with E-state index in [1.807, 2.05) is 25.7 Å². The van der Waals surface area contributed by atoms with E-state index < -0.39 is 0 Å². The fourth-order valence-electron chi connectivity index (χ4n) is 2.72. The first kappa shape index (κ1) is 12.5. The second-order valence-corrected chi connectivity index (χ2v) is 7.60. The largest absolute Gasteiger partial charge is 0.444 e. The fourth-order valence-corrected chi connectivity index (χ4v) is 3.90. The average Bonchev–Trinajstić information content (AvgIpc) is 2.36. The monoisotopic (exact) mass is 337 g/mol. The van der Waals surface area contributed by atoms with Crippen LogP contribution in [0.5, 0.6) is 0 Å². The molecule has 3 nitrogen and oxygen atoms in total. The Morgan fingerprint density at radius 2 is 1.75 bits per heavy atom. The molecule has 2 fully saturated rings. The highest BCUT2D eigenvalue weighted by Gasteiger charge is 2.44. The van der Waals surface area contributed by atoms with Crippen molar-refractivity contribution in [1.82, 2.24) is 4.90 Å². The van der Waals surface area contributed by atoms with Crippen molar-refractivity contribution in [2.75, 3.05) is 0 Å². The molecule has 2 heterocycles. The number of amides is 1. The van der Waals surface area contributed by atoms with E-state index in [0.29, 0.717) is 12.1 Å². The molecule has 0 saturated carbocycles. The van der Waals surface area contributed by atoms with Gasteiger partial charge in [-0.2, -0.15) is 0 Å². The Bertz CT molecular complexity index is 273. The van der Waals surface area contributed by atoms with E-state index in [2.05, 4.69) is 22.6 Å². The second kappa shape index (κ2) is 4.35. The Hall–Kier alpha value is 0. The summed E-state index contributed by atoms with van der Waals surface area (Å²) in [7, 11) is 0. The number of halogens is 1. The number of alkyl halides is 1. The molecule has 3 atom stereocenters. The van der Waals surface area contributed by atoms with E-state index in [4.69, 9.17) is 4.74 Å². The number of nitrogens with zero attached hydrogens (tertiary/aromatic N) is 1.